The zero-order valence-corrected chi connectivity index (χ0v) is 17.0. The number of hydrogen-bond acceptors (Lipinski definition) is 5. The van der Waals surface area contributed by atoms with Crippen LogP contribution in [0.5, 0.6) is 5.75 Å². The summed E-state index contributed by atoms with van der Waals surface area (Å²) in [7, 11) is 1.52. The number of rotatable bonds is 10. The van der Waals surface area contributed by atoms with Gasteiger partial charge in [-0.15, -0.1) is 0 Å². The number of amides is 2. The van der Waals surface area contributed by atoms with Crippen LogP contribution < -0.4 is 20.5 Å². The molecule has 0 heterocycles. The van der Waals surface area contributed by atoms with Gasteiger partial charge in [0, 0.05) is 5.56 Å². The molecule has 0 aromatic heterocycles. The minimum absolute atomic E-state index is 0.0650. The maximum Gasteiger partial charge on any atom is 0.268 e. The van der Waals surface area contributed by atoms with E-state index < -0.39 is 23.8 Å². The summed E-state index contributed by atoms with van der Waals surface area (Å²) >= 11 is 0. The van der Waals surface area contributed by atoms with E-state index in [9.17, 15) is 19.5 Å². The molecule has 2 aromatic carbocycles. The molecule has 0 aliphatic carbocycles. The monoisotopic (exact) mass is 409 g/mol. The van der Waals surface area contributed by atoms with E-state index in [0.29, 0.717) is 23.3 Å². The maximum absolute atomic E-state index is 12.8. The predicted octanol–water partition coefficient (Wildman–Crippen LogP) is 1.89. The fourth-order valence-electron chi connectivity index (χ4n) is 2.70. The van der Waals surface area contributed by atoms with Crippen molar-refractivity contribution < 1.29 is 24.2 Å². The summed E-state index contributed by atoms with van der Waals surface area (Å²) in [6.45, 7) is 1.92. The van der Waals surface area contributed by atoms with Crippen LogP contribution in [0, 0.1) is 0 Å². The fraction of sp³-hybridized carbons (Fsp3) is 0.261. The van der Waals surface area contributed by atoms with Crippen LogP contribution in [0.1, 0.15) is 42.1 Å². The lowest BCUT2D eigenvalue weighted by Gasteiger charge is -2.20. The molecule has 0 aliphatic rings. The largest absolute Gasteiger partial charge is 0.548 e. The van der Waals surface area contributed by atoms with Crippen LogP contribution in [0.15, 0.2) is 60.3 Å². The number of unbranched alkanes of at least 4 members (excludes halogenated alkanes) is 1. The van der Waals surface area contributed by atoms with Crippen LogP contribution in [0.25, 0.3) is 6.08 Å². The Labute approximate surface area is 175 Å². The summed E-state index contributed by atoms with van der Waals surface area (Å²) in [6, 6.07) is 14.2. The van der Waals surface area contributed by atoms with E-state index in [2.05, 4.69) is 10.6 Å². The van der Waals surface area contributed by atoms with Gasteiger partial charge in [-0.2, -0.15) is 0 Å². The van der Waals surface area contributed by atoms with Crippen molar-refractivity contribution in [2.24, 2.45) is 0 Å². The topological polar surface area (TPSA) is 108 Å². The van der Waals surface area contributed by atoms with E-state index in [1.165, 1.54) is 13.2 Å². The highest BCUT2D eigenvalue weighted by Gasteiger charge is 2.19. The third-order valence-electron chi connectivity index (χ3n) is 4.39. The molecule has 0 bridgehead atoms. The van der Waals surface area contributed by atoms with Crippen molar-refractivity contribution in [3.05, 3.63) is 71.4 Å². The molecule has 7 nitrogen and oxygen atoms in total. The quantitative estimate of drug-likeness (QED) is 0.583. The number of ether oxygens (including phenoxy) is 1. The molecule has 7 heteroatoms. The SMILES string of the molecule is CCCC[C@@H](NC(=O)/C(=C/c1ccccc1)NC(=O)c1ccc(OC)cc1)C(=O)[O-]. The van der Waals surface area contributed by atoms with Crippen molar-refractivity contribution in [2.75, 3.05) is 7.11 Å². The van der Waals surface area contributed by atoms with Crippen molar-refractivity contribution in [1.29, 1.82) is 0 Å². The Morgan fingerprint density at radius 2 is 1.73 bits per heavy atom. The summed E-state index contributed by atoms with van der Waals surface area (Å²) in [5.74, 6) is -1.98. The molecular formula is C23H25N2O5-. The Kier molecular flexibility index (Phi) is 8.62. The number of carbonyl (C=O) groups excluding carboxylic acids is 3. The Hall–Kier alpha value is -3.61. The Bertz CT molecular complexity index is 892. The molecular weight excluding hydrogens is 384 g/mol. The van der Waals surface area contributed by atoms with Gasteiger partial charge in [-0.1, -0.05) is 50.1 Å². The molecule has 0 spiro atoms. The molecule has 158 valence electrons. The van der Waals surface area contributed by atoms with Gasteiger partial charge in [-0.3, -0.25) is 9.59 Å². The first-order chi connectivity index (χ1) is 14.4. The molecule has 2 rings (SSSR count). The van der Waals surface area contributed by atoms with E-state index >= 15 is 0 Å². The molecule has 30 heavy (non-hydrogen) atoms. The number of hydrogen-bond donors (Lipinski definition) is 2. The summed E-state index contributed by atoms with van der Waals surface area (Å²) < 4.78 is 5.08. The van der Waals surface area contributed by atoms with Gasteiger partial charge in [0.25, 0.3) is 11.8 Å². The van der Waals surface area contributed by atoms with Gasteiger partial charge in [0.2, 0.25) is 0 Å². The molecule has 2 aromatic rings. The van der Waals surface area contributed by atoms with E-state index in [0.717, 1.165) is 6.42 Å². The molecule has 0 fully saturated rings. The van der Waals surface area contributed by atoms with Crippen LogP contribution in [0.2, 0.25) is 0 Å². The molecule has 0 aliphatic heterocycles. The van der Waals surface area contributed by atoms with Crippen molar-refractivity contribution >= 4 is 23.9 Å². The number of nitrogens with one attached hydrogen (secondary N) is 2. The van der Waals surface area contributed by atoms with E-state index in [1.54, 1.807) is 48.5 Å². The lowest BCUT2D eigenvalue weighted by atomic mass is 10.1. The first-order valence-electron chi connectivity index (χ1n) is 9.68. The highest BCUT2D eigenvalue weighted by molar-refractivity contribution is 6.06. The number of benzene rings is 2. The highest BCUT2D eigenvalue weighted by atomic mass is 16.5. The van der Waals surface area contributed by atoms with E-state index in [1.807, 2.05) is 13.0 Å². The second-order valence-corrected chi connectivity index (χ2v) is 6.64. The highest BCUT2D eigenvalue weighted by Crippen LogP contribution is 2.13. The van der Waals surface area contributed by atoms with Crippen molar-refractivity contribution in [2.45, 2.75) is 32.2 Å². The number of methoxy groups -OCH3 is 1. The Morgan fingerprint density at radius 3 is 2.30 bits per heavy atom. The summed E-state index contributed by atoms with van der Waals surface area (Å²) in [5.41, 5.74) is 0.936. The third kappa shape index (κ3) is 6.77. The van der Waals surface area contributed by atoms with Crippen LogP contribution >= 0.6 is 0 Å². The van der Waals surface area contributed by atoms with Gasteiger partial charge in [-0.05, 0) is 42.3 Å². The van der Waals surface area contributed by atoms with Crippen LogP contribution in [0.4, 0.5) is 0 Å². The van der Waals surface area contributed by atoms with Gasteiger partial charge in [-0.25, -0.2) is 0 Å². The first kappa shape index (κ1) is 22.7. The summed E-state index contributed by atoms with van der Waals surface area (Å²) in [5, 5.41) is 16.4. The summed E-state index contributed by atoms with van der Waals surface area (Å²) in [4.78, 5) is 36.8. The first-order valence-corrected chi connectivity index (χ1v) is 9.68. The van der Waals surface area contributed by atoms with Crippen LogP contribution in [-0.4, -0.2) is 30.9 Å². The average molecular weight is 409 g/mol. The predicted molar refractivity (Wildman–Crippen MR) is 111 cm³/mol. The fourth-order valence-corrected chi connectivity index (χ4v) is 2.70. The second kappa shape index (κ2) is 11.4. The molecule has 0 saturated heterocycles. The number of carboxylic acid groups (broad SMARTS) is 1. The maximum atomic E-state index is 12.8. The average Bonchev–Trinajstić information content (AvgIpc) is 2.76. The van der Waals surface area contributed by atoms with Crippen molar-refractivity contribution in [1.82, 2.24) is 10.6 Å². The molecule has 2 N–H and O–H groups in total. The molecule has 2 amide bonds. The molecule has 1 atom stereocenters. The lowest BCUT2D eigenvalue weighted by Crippen LogP contribution is -2.49. The van der Waals surface area contributed by atoms with Crippen LogP contribution in [0.3, 0.4) is 0 Å². The van der Waals surface area contributed by atoms with Crippen molar-refractivity contribution in [3.63, 3.8) is 0 Å². The molecule has 0 radical (unpaired) electrons. The zero-order valence-electron chi connectivity index (χ0n) is 17.0. The third-order valence-corrected chi connectivity index (χ3v) is 4.39. The number of carbonyl (C=O) groups is 3. The molecule has 0 saturated carbocycles. The second-order valence-electron chi connectivity index (χ2n) is 6.64. The minimum atomic E-state index is -1.36. The number of aliphatic carboxylic acids is 1. The minimum Gasteiger partial charge on any atom is -0.548 e. The summed E-state index contributed by atoms with van der Waals surface area (Å²) in [6.07, 6.45) is 3.13. The van der Waals surface area contributed by atoms with Crippen molar-refractivity contribution in [3.8, 4) is 5.75 Å². The lowest BCUT2D eigenvalue weighted by molar-refractivity contribution is -0.308. The standard InChI is InChI=1S/C23H26N2O5/c1-3-4-10-19(23(28)29)24-22(27)20(15-16-8-6-5-7-9-16)25-21(26)17-11-13-18(30-2)14-12-17/h5-9,11-15,19H,3-4,10H2,1-2H3,(H,24,27)(H,25,26)(H,28,29)/p-1/b20-15-/t19-/m1/s1. The Morgan fingerprint density at radius 1 is 1.07 bits per heavy atom. The smallest absolute Gasteiger partial charge is 0.268 e. The van der Waals surface area contributed by atoms with Gasteiger partial charge >= 0.3 is 0 Å². The molecule has 0 unspecified atom stereocenters. The van der Waals surface area contributed by atoms with Gasteiger partial charge in [0.1, 0.15) is 11.4 Å². The zero-order chi connectivity index (χ0) is 21.9. The van der Waals surface area contributed by atoms with E-state index in [4.69, 9.17) is 4.74 Å². The van der Waals surface area contributed by atoms with E-state index in [-0.39, 0.29) is 12.1 Å². The van der Waals surface area contributed by atoms with Gasteiger partial charge in [0.05, 0.1) is 19.1 Å². The Balaban J connectivity index is 2.25. The van der Waals surface area contributed by atoms with Crippen LogP contribution in [-0.2, 0) is 9.59 Å². The normalized spacial score (nSPS) is 12.0. The van der Waals surface area contributed by atoms with Gasteiger partial charge < -0.3 is 25.3 Å². The van der Waals surface area contributed by atoms with Gasteiger partial charge in [0.15, 0.2) is 0 Å². The number of carboxylic acids is 1.